The fourth-order valence-corrected chi connectivity index (χ4v) is 1.58. The van der Waals surface area contributed by atoms with E-state index in [2.05, 4.69) is 4.99 Å². The van der Waals surface area contributed by atoms with E-state index in [9.17, 15) is 13.6 Å². The molecule has 0 bridgehead atoms. The smallest absolute Gasteiger partial charge is 0.211 e. The van der Waals surface area contributed by atoms with Gasteiger partial charge in [-0.2, -0.15) is 13.8 Å². The second kappa shape index (κ2) is 5.63. The molecule has 0 saturated heterocycles. The maximum atomic E-state index is 12.0. The lowest BCUT2D eigenvalue weighted by molar-refractivity contribution is 0.252. The fourth-order valence-electron chi connectivity index (χ4n) is 1.08. The van der Waals surface area contributed by atoms with Gasteiger partial charge in [0, 0.05) is 4.90 Å². The van der Waals surface area contributed by atoms with Crippen LogP contribution in [0.2, 0.25) is 0 Å². The first-order valence-corrected chi connectivity index (χ1v) is 5.13. The number of benzene rings is 1. The molecule has 5 heteroatoms. The van der Waals surface area contributed by atoms with Gasteiger partial charge in [-0.3, -0.25) is 0 Å². The average molecular weight is 229 g/mol. The molecule has 0 amide bonds. The Bertz CT molecular complexity index is 360. The molecule has 1 atom stereocenters. The molecular formula is C10H9F2NOS. The molecule has 0 aliphatic heterocycles. The second-order valence-corrected chi connectivity index (χ2v) is 3.91. The molecule has 0 radical (unpaired) electrons. The first kappa shape index (κ1) is 11.9. The van der Waals surface area contributed by atoms with Gasteiger partial charge < -0.3 is 0 Å². The zero-order chi connectivity index (χ0) is 11.3. The fraction of sp³-hybridized carbons (Fsp3) is 0.300. The first-order valence-electron chi connectivity index (χ1n) is 4.25. The Balaban J connectivity index is 2.75. The summed E-state index contributed by atoms with van der Waals surface area (Å²) in [5.74, 6) is -2.42. The third kappa shape index (κ3) is 3.81. The van der Waals surface area contributed by atoms with Crippen LogP contribution in [0.5, 0.6) is 0 Å². The molecule has 2 nitrogen and oxygen atoms in total. The predicted octanol–water partition coefficient (Wildman–Crippen LogP) is 3.40. The van der Waals surface area contributed by atoms with E-state index >= 15 is 0 Å². The van der Waals surface area contributed by atoms with E-state index in [-0.39, 0.29) is 6.04 Å². The standard InChI is InChI=1S/C10H9F2NOS/c1-7(13-6-14)8-2-4-9(5-3-8)15-10(11)12/h2-5,7,10H,1H3. The molecule has 0 N–H and O–H groups in total. The summed E-state index contributed by atoms with van der Waals surface area (Å²) in [6, 6.07) is 6.24. The van der Waals surface area contributed by atoms with E-state index in [0.717, 1.165) is 5.56 Å². The van der Waals surface area contributed by atoms with Crippen LogP contribution in [0.3, 0.4) is 0 Å². The lowest BCUT2D eigenvalue weighted by Gasteiger charge is -2.05. The molecule has 1 unspecified atom stereocenters. The number of carbonyl (C=O) groups excluding carboxylic acids is 1. The molecule has 0 aliphatic carbocycles. The van der Waals surface area contributed by atoms with Gasteiger partial charge in [0.15, 0.2) is 0 Å². The highest BCUT2D eigenvalue weighted by Crippen LogP contribution is 2.26. The van der Waals surface area contributed by atoms with E-state index in [0.29, 0.717) is 16.7 Å². The average Bonchev–Trinajstić information content (AvgIpc) is 2.18. The summed E-state index contributed by atoms with van der Waals surface area (Å²) >= 11 is 0.491. The third-order valence-electron chi connectivity index (χ3n) is 1.83. The van der Waals surface area contributed by atoms with Gasteiger partial charge in [-0.1, -0.05) is 23.9 Å². The van der Waals surface area contributed by atoms with Crippen LogP contribution in [0.15, 0.2) is 34.2 Å². The number of alkyl halides is 2. The van der Waals surface area contributed by atoms with Crippen molar-refractivity contribution in [3.8, 4) is 0 Å². The van der Waals surface area contributed by atoms with Crippen molar-refractivity contribution in [2.75, 3.05) is 0 Å². The Morgan fingerprint density at radius 3 is 2.40 bits per heavy atom. The van der Waals surface area contributed by atoms with Gasteiger partial charge in [0.05, 0.1) is 6.04 Å². The van der Waals surface area contributed by atoms with Crippen LogP contribution in [0.4, 0.5) is 8.78 Å². The maximum Gasteiger partial charge on any atom is 0.288 e. The van der Waals surface area contributed by atoms with E-state index in [1.165, 1.54) is 6.08 Å². The molecule has 15 heavy (non-hydrogen) atoms. The first-order chi connectivity index (χ1) is 7.13. The normalized spacial score (nSPS) is 12.3. The van der Waals surface area contributed by atoms with E-state index in [1.807, 2.05) is 0 Å². The summed E-state index contributed by atoms with van der Waals surface area (Å²) in [4.78, 5) is 14.0. The Morgan fingerprint density at radius 2 is 1.93 bits per heavy atom. The minimum Gasteiger partial charge on any atom is -0.211 e. The van der Waals surface area contributed by atoms with E-state index in [1.54, 1.807) is 31.2 Å². The van der Waals surface area contributed by atoms with Crippen LogP contribution in [0.1, 0.15) is 18.5 Å². The summed E-state index contributed by atoms with van der Waals surface area (Å²) in [5.41, 5.74) is 0.803. The Hall–Kier alpha value is -1.19. The zero-order valence-electron chi connectivity index (χ0n) is 7.98. The number of nitrogens with zero attached hydrogens (tertiary/aromatic N) is 1. The zero-order valence-corrected chi connectivity index (χ0v) is 8.80. The van der Waals surface area contributed by atoms with Crippen LogP contribution < -0.4 is 0 Å². The van der Waals surface area contributed by atoms with Gasteiger partial charge in [-0.05, 0) is 24.6 Å². The van der Waals surface area contributed by atoms with Crippen molar-refractivity contribution in [3.63, 3.8) is 0 Å². The molecule has 0 fully saturated rings. The topological polar surface area (TPSA) is 29.4 Å². The highest BCUT2D eigenvalue weighted by atomic mass is 32.2. The number of halogens is 2. The Morgan fingerprint density at radius 1 is 1.33 bits per heavy atom. The van der Waals surface area contributed by atoms with E-state index in [4.69, 9.17) is 0 Å². The molecule has 80 valence electrons. The highest BCUT2D eigenvalue weighted by Gasteiger charge is 2.06. The van der Waals surface area contributed by atoms with Crippen LogP contribution in [-0.2, 0) is 4.79 Å². The molecule has 1 aromatic carbocycles. The second-order valence-electron chi connectivity index (χ2n) is 2.84. The molecule has 0 heterocycles. The summed E-state index contributed by atoms with van der Waals surface area (Å²) in [7, 11) is 0. The maximum absolute atomic E-state index is 12.0. The van der Waals surface area contributed by atoms with Crippen molar-refractivity contribution in [1.29, 1.82) is 0 Å². The monoisotopic (exact) mass is 229 g/mol. The number of thioether (sulfide) groups is 1. The number of aliphatic imine (C=N–C) groups is 1. The van der Waals surface area contributed by atoms with Gasteiger partial charge in [0.1, 0.15) is 0 Å². The number of isocyanates is 1. The minimum absolute atomic E-state index is 0.284. The van der Waals surface area contributed by atoms with Gasteiger partial charge in [-0.25, -0.2) is 4.79 Å². The summed E-state index contributed by atoms with van der Waals surface area (Å²) < 4.78 is 24.0. The summed E-state index contributed by atoms with van der Waals surface area (Å²) in [5, 5.41) is 0. The Labute approximate surface area is 90.4 Å². The largest absolute Gasteiger partial charge is 0.288 e. The van der Waals surface area contributed by atoms with Gasteiger partial charge >= 0.3 is 0 Å². The van der Waals surface area contributed by atoms with Crippen molar-refractivity contribution in [1.82, 2.24) is 0 Å². The molecule has 0 saturated carbocycles. The molecule has 1 aromatic rings. The van der Waals surface area contributed by atoms with Gasteiger partial charge in [0.2, 0.25) is 6.08 Å². The minimum atomic E-state index is -2.42. The summed E-state index contributed by atoms with van der Waals surface area (Å²) in [6.07, 6.45) is 1.46. The molecule has 1 rings (SSSR count). The predicted molar refractivity (Wildman–Crippen MR) is 54.8 cm³/mol. The van der Waals surface area contributed by atoms with Crippen LogP contribution in [-0.4, -0.2) is 11.8 Å². The lowest BCUT2D eigenvalue weighted by Crippen LogP contribution is -1.89. The van der Waals surface area contributed by atoms with Crippen LogP contribution >= 0.6 is 11.8 Å². The number of hydrogen-bond donors (Lipinski definition) is 0. The highest BCUT2D eigenvalue weighted by molar-refractivity contribution is 7.99. The number of hydrogen-bond acceptors (Lipinski definition) is 3. The third-order valence-corrected chi connectivity index (χ3v) is 2.56. The molecule has 0 spiro atoms. The summed E-state index contributed by atoms with van der Waals surface area (Å²) in [6.45, 7) is 1.74. The molecular weight excluding hydrogens is 220 g/mol. The van der Waals surface area contributed by atoms with Crippen LogP contribution in [0.25, 0.3) is 0 Å². The Kier molecular flexibility index (Phi) is 4.46. The lowest BCUT2D eigenvalue weighted by atomic mass is 10.1. The molecule has 0 aliphatic rings. The van der Waals surface area contributed by atoms with Gasteiger partial charge in [0.25, 0.3) is 5.76 Å². The van der Waals surface area contributed by atoms with Crippen molar-refractivity contribution in [3.05, 3.63) is 29.8 Å². The van der Waals surface area contributed by atoms with Gasteiger partial charge in [-0.15, -0.1) is 0 Å². The van der Waals surface area contributed by atoms with Crippen molar-refractivity contribution in [2.45, 2.75) is 23.6 Å². The van der Waals surface area contributed by atoms with Crippen molar-refractivity contribution < 1.29 is 13.6 Å². The van der Waals surface area contributed by atoms with Crippen molar-refractivity contribution >= 4 is 17.8 Å². The SMILES string of the molecule is CC(N=C=O)c1ccc(SC(F)F)cc1. The van der Waals surface area contributed by atoms with Crippen molar-refractivity contribution in [2.24, 2.45) is 4.99 Å². The molecule has 0 aromatic heterocycles. The quantitative estimate of drug-likeness (QED) is 0.450. The van der Waals surface area contributed by atoms with E-state index < -0.39 is 5.76 Å². The van der Waals surface area contributed by atoms with Crippen LogP contribution in [0, 0.1) is 0 Å². The number of rotatable bonds is 4.